The number of methoxy groups -OCH3 is 1. The lowest BCUT2D eigenvalue weighted by molar-refractivity contribution is 0.174. The summed E-state index contributed by atoms with van der Waals surface area (Å²) in [6.07, 6.45) is 0. The van der Waals surface area contributed by atoms with E-state index < -0.39 is 0 Å². The van der Waals surface area contributed by atoms with Crippen LogP contribution in [0.5, 0.6) is 0 Å². The van der Waals surface area contributed by atoms with Gasteiger partial charge in [-0.3, -0.25) is 0 Å². The molecule has 1 aromatic carbocycles. The zero-order valence-corrected chi connectivity index (χ0v) is 10.8. The number of ether oxygens (including phenoxy) is 1. The highest BCUT2D eigenvalue weighted by Crippen LogP contribution is 2.16. The summed E-state index contributed by atoms with van der Waals surface area (Å²) in [5.41, 5.74) is 1.49. The van der Waals surface area contributed by atoms with Gasteiger partial charge >= 0.3 is 0 Å². The topological polar surface area (TPSA) is 21.3 Å². The van der Waals surface area contributed by atoms with E-state index in [4.69, 9.17) is 4.74 Å². The van der Waals surface area contributed by atoms with Crippen molar-refractivity contribution in [2.45, 2.75) is 32.2 Å². The van der Waals surface area contributed by atoms with Gasteiger partial charge in [-0.2, -0.15) is 0 Å². The maximum Gasteiger partial charge on any atom is 0.0543 e. The van der Waals surface area contributed by atoms with Crippen LogP contribution in [0.4, 0.5) is 0 Å². The fourth-order valence-corrected chi connectivity index (χ4v) is 1.63. The third kappa shape index (κ3) is 4.77. The normalized spacial score (nSPS) is 13.8. The standard InChI is InChI=1S/C14H23NO/c1-14(2,3)15-10-13(11-16-4)12-8-6-5-7-9-12/h5-9,13,15H,10-11H2,1-4H3. The first-order valence-corrected chi connectivity index (χ1v) is 5.82. The highest BCUT2D eigenvalue weighted by molar-refractivity contribution is 5.20. The summed E-state index contributed by atoms with van der Waals surface area (Å²) in [5.74, 6) is 0.422. The van der Waals surface area contributed by atoms with Crippen molar-refractivity contribution in [2.24, 2.45) is 0 Å². The van der Waals surface area contributed by atoms with Crippen LogP contribution in [0.15, 0.2) is 30.3 Å². The van der Waals surface area contributed by atoms with Gasteiger partial charge in [0.05, 0.1) is 6.61 Å². The molecule has 0 heterocycles. The summed E-state index contributed by atoms with van der Waals surface area (Å²) in [6.45, 7) is 8.25. The Kier molecular flexibility index (Phi) is 4.97. The molecule has 0 saturated heterocycles. The first-order chi connectivity index (χ1) is 7.53. The molecule has 0 aliphatic carbocycles. The summed E-state index contributed by atoms with van der Waals surface area (Å²) in [5, 5.41) is 3.53. The monoisotopic (exact) mass is 221 g/mol. The molecule has 0 aliphatic rings. The zero-order valence-electron chi connectivity index (χ0n) is 10.8. The Morgan fingerprint density at radius 3 is 2.31 bits per heavy atom. The number of hydrogen-bond acceptors (Lipinski definition) is 2. The lowest BCUT2D eigenvalue weighted by atomic mass is 9.98. The van der Waals surface area contributed by atoms with Gasteiger partial charge in [-0.15, -0.1) is 0 Å². The van der Waals surface area contributed by atoms with Gasteiger partial charge in [-0.05, 0) is 26.3 Å². The summed E-state index contributed by atoms with van der Waals surface area (Å²) in [6, 6.07) is 10.5. The van der Waals surface area contributed by atoms with Crippen LogP contribution < -0.4 is 5.32 Å². The van der Waals surface area contributed by atoms with E-state index in [0.717, 1.165) is 13.2 Å². The molecule has 1 aromatic rings. The van der Waals surface area contributed by atoms with E-state index in [1.807, 2.05) is 6.07 Å². The third-order valence-electron chi connectivity index (χ3n) is 2.52. The van der Waals surface area contributed by atoms with Crippen LogP contribution >= 0.6 is 0 Å². The Balaban J connectivity index is 2.61. The van der Waals surface area contributed by atoms with Gasteiger partial charge in [0.2, 0.25) is 0 Å². The van der Waals surface area contributed by atoms with Crippen molar-refractivity contribution in [3.63, 3.8) is 0 Å². The molecule has 1 unspecified atom stereocenters. The molecule has 0 bridgehead atoms. The second-order valence-corrected chi connectivity index (χ2v) is 5.19. The number of hydrogen-bond donors (Lipinski definition) is 1. The molecule has 0 saturated carbocycles. The van der Waals surface area contributed by atoms with Crippen molar-refractivity contribution in [2.75, 3.05) is 20.3 Å². The second-order valence-electron chi connectivity index (χ2n) is 5.19. The average Bonchev–Trinajstić information content (AvgIpc) is 2.24. The molecule has 0 aromatic heterocycles. The molecule has 1 atom stereocenters. The molecule has 0 spiro atoms. The van der Waals surface area contributed by atoms with Crippen LogP contribution in [0.25, 0.3) is 0 Å². The Morgan fingerprint density at radius 1 is 1.19 bits per heavy atom. The van der Waals surface area contributed by atoms with Crippen LogP contribution in [-0.2, 0) is 4.74 Å². The van der Waals surface area contributed by atoms with Gasteiger partial charge in [0.1, 0.15) is 0 Å². The predicted molar refractivity (Wildman–Crippen MR) is 68.8 cm³/mol. The average molecular weight is 221 g/mol. The molecule has 0 fully saturated rings. The van der Waals surface area contributed by atoms with E-state index >= 15 is 0 Å². The summed E-state index contributed by atoms with van der Waals surface area (Å²) in [4.78, 5) is 0. The van der Waals surface area contributed by atoms with Crippen molar-refractivity contribution >= 4 is 0 Å². The lowest BCUT2D eigenvalue weighted by Gasteiger charge is -2.25. The number of nitrogens with one attached hydrogen (secondary N) is 1. The summed E-state index contributed by atoms with van der Waals surface area (Å²) >= 11 is 0. The van der Waals surface area contributed by atoms with Crippen LogP contribution in [-0.4, -0.2) is 25.8 Å². The molecule has 90 valence electrons. The maximum absolute atomic E-state index is 5.28. The number of rotatable bonds is 5. The largest absolute Gasteiger partial charge is 0.384 e. The quantitative estimate of drug-likeness (QED) is 0.825. The third-order valence-corrected chi connectivity index (χ3v) is 2.52. The fraction of sp³-hybridized carbons (Fsp3) is 0.571. The molecule has 1 rings (SSSR count). The smallest absolute Gasteiger partial charge is 0.0543 e. The Labute approximate surface area is 99.0 Å². The van der Waals surface area contributed by atoms with Gasteiger partial charge < -0.3 is 10.1 Å². The zero-order chi connectivity index (χ0) is 12.0. The van der Waals surface area contributed by atoms with E-state index in [-0.39, 0.29) is 5.54 Å². The Bertz CT molecular complexity index is 289. The van der Waals surface area contributed by atoms with E-state index in [9.17, 15) is 0 Å². The SMILES string of the molecule is COCC(CNC(C)(C)C)c1ccccc1. The van der Waals surface area contributed by atoms with Crippen LogP contribution in [0.1, 0.15) is 32.3 Å². The van der Waals surface area contributed by atoms with Gasteiger partial charge in [0.25, 0.3) is 0 Å². The highest BCUT2D eigenvalue weighted by atomic mass is 16.5. The molecule has 16 heavy (non-hydrogen) atoms. The minimum absolute atomic E-state index is 0.154. The van der Waals surface area contributed by atoms with Crippen molar-refractivity contribution in [3.8, 4) is 0 Å². The first-order valence-electron chi connectivity index (χ1n) is 5.82. The van der Waals surface area contributed by atoms with Crippen molar-refractivity contribution in [1.82, 2.24) is 5.32 Å². The molecule has 0 amide bonds. The number of benzene rings is 1. The van der Waals surface area contributed by atoms with Gasteiger partial charge in [0, 0.05) is 25.1 Å². The highest BCUT2D eigenvalue weighted by Gasteiger charge is 2.15. The van der Waals surface area contributed by atoms with E-state index in [2.05, 4.69) is 50.4 Å². The van der Waals surface area contributed by atoms with Crippen LogP contribution in [0.2, 0.25) is 0 Å². The molecule has 0 aliphatic heterocycles. The van der Waals surface area contributed by atoms with Gasteiger partial charge in [0.15, 0.2) is 0 Å². The summed E-state index contributed by atoms with van der Waals surface area (Å²) in [7, 11) is 1.76. The Hall–Kier alpha value is -0.860. The van der Waals surface area contributed by atoms with Crippen LogP contribution in [0, 0.1) is 0 Å². The van der Waals surface area contributed by atoms with E-state index in [1.54, 1.807) is 7.11 Å². The minimum atomic E-state index is 0.154. The van der Waals surface area contributed by atoms with E-state index in [1.165, 1.54) is 5.56 Å². The van der Waals surface area contributed by atoms with Crippen molar-refractivity contribution < 1.29 is 4.74 Å². The lowest BCUT2D eigenvalue weighted by Crippen LogP contribution is -2.39. The Morgan fingerprint density at radius 2 is 1.81 bits per heavy atom. The molecular weight excluding hydrogens is 198 g/mol. The summed E-state index contributed by atoms with van der Waals surface area (Å²) < 4.78 is 5.28. The molecule has 2 nitrogen and oxygen atoms in total. The fourth-order valence-electron chi connectivity index (χ4n) is 1.63. The first kappa shape index (κ1) is 13.2. The molecule has 1 N–H and O–H groups in total. The molecular formula is C14H23NO. The van der Waals surface area contributed by atoms with Crippen molar-refractivity contribution in [3.05, 3.63) is 35.9 Å². The maximum atomic E-state index is 5.28. The predicted octanol–water partition coefficient (Wildman–Crippen LogP) is 2.80. The minimum Gasteiger partial charge on any atom is -0.384 e. The van der Waals surface area contributed by atoms with Gasteiger partial charge in [-0.25, -0.2) is 0 Å². The molecule has 2 heteroatoms. The molecule has 0 radical (unpaired) electrons. The van der Waals surface area contributed by atoms with Crippen molar-refractivity contribution in [1.29, 1.82) is 0 Å². The second kappa shape index (κ2) is 6.02. The van der Waals surface area contributed by atoms with E-state index in [0.29, 0.717) is 5.92 Å². The van der Waals surface area contributed by atoms with Crippen LogP contribution in [0.3, 0.4) is 0 Å². The van der Waals surface area contributed by atoms with Gasteiger partial charge in [-0.1, -0.05) is 30.3 Å².